The van der Waals surface area contributed by atoms with Crippen LogP contribution in [0.3, 0.4) is 0 Å². The Hall–Kier alpha value is -2.60. The number of halogens is 1. The maximum Gasteiger partial charge on any atom is 0.407 e. The lowest BCUT2D eigenvalue weighted by atomic mass is 9.91. The van der Waals surface area contributed by atoms with Crippen LogP contribution in [0.1, 0.15) is 37.7 Å². The molecule has 2 saturated carbocycles. The highest BCUT2D eigenvalue weighted by Gasteiger charge is 2.56. The van der Waals surface area contributed by atoms with Gasteiger partial charge in [0.1, 0.15) is 23.7 Å². The van der Waals surface area contributed by atoms with Gasteiger partial charge in [0.05, 0.1) is 5.39 Å². The van der Waals surface area contributed by atoms with Gasteiger partial charge in [-0.05, 0) is 43.7 Å². The Labute approximate surface area is 167 Å². The first-order chi connectivity index (χ1) is 13.6. The van der Waals surface area contributed by atoms with E-state index in [2.05, 4.69) is 26.0 Å². The Morgan fingerprint density at radius 2 is 1.93 bits per heavy atom. The van der Waals surface area contributed by atoms with E-state index in [1.54, 1.807) is 0 Å². The number of carbonyl (C=O) groups excluding carboxylic acids is 1. The highest BCUT2D eigenvalue weighted by atomic mass is 35.5. The standard InChI is InChI=1S/C21H21ClN4O2/c22-17-16-6-11-26(18(16)24-14-23-17)21-9-7-20(13-21,8-10-21)25-19(27)28-12-15-4-2-1-3-5-15/h1-6,11,14H,7-10,12-13H2,(H,25,27). The molecule has 0 saturated heterocycles. The van der Waals surface area contributed by atoms with E-state index in [-0.39, 0.29) is 23.8 Å². The number of ether oxygens (including phenoxy) is 1. The number of benzene rings is 1. The molecule has 2 fully saturated rings. The molecular weight excluding hydrogens is 376 g/mol. The lowest BCUT2D eigenvalue weighted by molar-refractivity contribution is 0.126. The van der Waals surface area contributed by atoms with E-state index in [0.717, 1.165) is 48.7 Å². The molecule has 1 amide bonds. The monoisotopic (exact) mass is 396 g/mol. The van der Waals surface area contributed by atoms with E-state index in [1.165, 1.54) is 6.33 Å². The molecule has 144 valence electrons. The summed E-state index contributed by atoms with van der Waals surface area (Å²) < 4.78 is 7.69. The third kappa shape index (κ3) is 2.83. The summed E-state index contributed by atoms with van der Waals surface area (Å²) in [6.45, 7) is 0.283. The molecular formula is C21H21ClN4O2. The van der Waals surface area contributed by atoms with Crippen LogP contribution in [-0.2, 0) is 16.9 Å². The Balaban J connectivity index is 1.31. The number of alkyl carbamates (subject to hydrolysis) is 1. The van der Waals surface area contributed by atoms with Gasteiger partial charge >= 0.3 is 6.09 Å². The molecule has 28 heavy (non-hydrogen) atoms. The minimum absolute atomic E-state index is 0.0356. The average Bonchev–Trinajstić information content (AvgIpc) is 3.40. The van der Waals surface area contributed by atoms with Crippen molar-refractivity contribution in [3.8, 4) is 0 Å². The summed E-state index contributed by atoms with van der Waals surface area (Å²) in [5, 5.41) is 4.52. The Morgan fingerprint density at radius 1 is 1.14 bits per heavy atom. The van der Waals surface area contributed by atoms with Crippen molar-refractivity contribution in [1.29, 1.82) is 0 Å². The van der Waals surface area contributed by atoms with Gasteiger partial charge in [-0.25, -0.2) is 14.8 Å². The number of fused-ring (bicyclic) bond motifs is 3. The molecule has 2 heterocycles. The van der Waals surface area contributed by atoms with Crippen LogP contribution in [0.4, 0.5) is 4.79 Å². The van der Waals surface area contributed by atoms with Gasteiger partial charge in [-0.15, -0.1) is 0 Å². The first-order valence-corrected chi connectivity index (χ1v) is 9.94. The molecule has 2 aliphatic carbocycles. The summed E-state index contributed by atoms with van der Waals surface area (Å²) in [6, 6.07) is 11.7. The lowest BCUT2D eigenvalue weighted by Crippen LogP contribution is -2.45. The smallest absolute Gasteiger partial charge is 0.407 e. The molecule has 1 aromatic carbocycles. The van der Waals surface area contributed by atoms with Gasteiger partial charge in [0, 0.05) is 17.3 Å². The number of hydrogen-bond acceptors (Lipinski definition) is 4. The fourth-order valence-electron chi connectivity index (χ4n) is 4.95. The normalized spacial score (nSPS) is 25.9. The van der Waals surface area contributed by atoms with Crippen LogP contribution in [0.15, 0.2) is 48.9 Å². The van der Waals surface area contributed by atoms with Crippen molar-refractivity contribution in [2.75, 3.05) is 0 Å². The van der Waals surface area contributed by atoms with Crippen LogP contribution in [0.5, 0.6) is 0 Å². The molecule has 7 heteroatoms. The Kier molecular flexibility index (Phi) is 4.05. The summed E-state index contributed by atoms with van der Waals surface area (Å²) in [7, 11) is 0. The van der Waals surface area contributed by atoms with Crippen molar-refractivity contribution in [2.45, 2.75) is 49.8 Å². The van der Waals surface area contributed by atoms with E-state index < -0.39 is 0 Å². The van der Waals surface area contributed by atoms with Gasteiger partial charge in [-0.1, -0.05) is 41.9 Å². The second-order valence-corrected chi connectivity index (χ2v) is 8.31. The van der Waals surface area contributed by atoms with E-state index in [0.29, 0.717) is 5.15 Å². The first kappa shape index (κ1) is 17.5. The van der Waals surface area contributed by atoms with Crippen molar-refractivity contribution in [3.05, 3.63) is 59.6 Å². The largest absolute Gasteiger partial charge is 0.445 e. The molecule has 2 bridgehead atoms. The molecule has 0 atom stereocenters. The van der Waals surface area contributed by atoms with Crippen molar-refractivity contribution in [2.24, 2.45) is 0 Å². The molecule has 6 nitrogen and oxygen atoms in total. The number of carbonyl (C=O) groups is 1. The highest BCUT2D eigenvalue weighted by Crippen LogP contribution is 2.55. The maximum absolute atomic E-state index is 12.4. The Morgan fingerprint density at radius 3 is 2.71 bits per heavy atom. The first-order valence-electron chi connectivity index (χ1n) is 9.56. The summed E-state index contributed by atoms with van der Waals surface area (Å²) in [5.74, 6) is 0. The molecule has 1 N–H and O–H groups in total. The van der Waals surface area contributed by atoms with Crippen LogP contribution in [0, 0.1) is 0 Å². The van der Waals surface area contributed by atoms with Gasteiger partial charge in [0.25, 0.3) is 0 Å². The SMILES string of the molecule is O=C(NC12CCC(n3ccc4c(Cl)ncnc43)(CC1)C2)OCc1ccccc1. The second-order valence-electron chi connectivity index (χ2n) is 7.96. The fraction of sp³-hybridized carbons (Fsp3) is 0.381. The van der Waals surface area contributed by atoms with Gasteiger partial charge in [0.15, 0.2) is 0 Å². The van der Waals surface area contributed by atoms with Crippen molar-refractivity contribution in [3.63, 3.8) is 0 Å². The zero-order chi connectivity index (χ0) is 19.2. The van der Waals surface area contributed by atoms with Crippen LogP contribution >= 0.6 is 11.6 Å². The number of hydrogen-bond donors (Lipinski definition) is 1. The van der Waals surface area contributed by atoms with E-state index in [4.69, 9.17) is 16.3 Å². The minimum atomic E-state index is -0.343. The fourth-order valence-corrected chi connectivity index (χ4v) is 5.14. The number of nitrogens with zero attached hydrogens (tertiary/aromatic N) is 3. The molecule has 0 spiro atoms. The maximum atomic E-state index is 12.4. The number of aromatic nitrogens is 3. The average molecular weight is 397 g/mol. The summed E-state index contributed by atoms with van der Waals surface area (Å²) in [5.41, 5.74) is 1.61. The van der Waals surface area contributed by atoms with Crippen LogP contribution in [-0.4, -0.2) is 26.2 Å². The van der Waals surface area contributed by atoms with E-state index in [1.807, 2.05) is 36.4 Å². The number of amides is 1. The Bertz CT molecular complexity index is 1030. The van der Waals surface area contributed by atoms with Crippen LogP contribution < -0.4 is 5.32 Å². The van der Waals surface area contributed by atoms with Crippen molar-refractivity contribution < 1.29 is 9.53 Å². The molecule has 0 aliphatic heterocycles. The van der Waals surface area contributed by atoms with Gasteiger partial charge in [-0.3, -0.25) is 0 Å². The topological polar surface area (TPSA) is 69.0 Å². The molecule has 0 unspecified atom stereocenters. The number of rotatable bonds is 4. The summed E-state index contributed by atoms with van der Waals surface area (Å²) in [4.78, 5) is 21.0. The third-order valence-corrected chi connectivity index (χ3v) is 6.63. The lowest BCUT2D eigenvalue weighted by Gasteiger charge is -2.29. The zero-order valence-electron chi connectivity index (χ0n) is 15.4. The highest BCUT2D eigenvalue weighted by molar-refractivity contribution is 6.33. The second kappa shape index (κ2) is 6.48. The zero-order valence-corrected chi connectivity index (χ0v) is 16.2. The van der Waals surface area contributed by atoms with Gasteiger partial charge in [-0.2, -0.15) is 0 Å². The van der Waals surface area contributed by atoms with Crippen molar-refractivity contribution >= 4 is 28.7 Å². The van der Waals surface area contributed by atoms with Crippen LogP contribution in [0.2, 0.25) is 5.15 Å². The van der Waals surface area contributed by atoms with Crippen LogP contribution in [0.25, 0.3) is 11.0 Å². The van der Waals surface area contributed by atoms with Gasteiger partial charge in [0.2, 0.25) is 0 Å². The summed E-state index contributed by atoms with van der Waals surface area (Å²) in [6.07, 6.45) is 7.97. The third-order valence-electron chi connectivity index (χ3n) is 6.33. The quantitative estimate of drug-likeness (QED) is 0.662. The minimum Gasteiger partial charge on any atom is -0.445 e. The molecule has 5 rings (SSSR count). The molecule has 3 aromatic rings. The predicted octanol–water partition coefficient (Wildman–Crippen LogP) is 4.42. The number of nitrogens with one attached hydrogen (secondary N) is 1. The predicted molar refractivity (Wildman–Crippen MR) is 106 cm³/mol. The molecule has 2 aromatic heterocycles. The van der Waals surface area contributed by atoms with E-state index >= 15 is 0 Å². The molecule has 2 aliphatic rings. The molecule has 0 radical (unpaired) electrons. The van der Waals surface area contributed by atoms with Gasteiger partial charge < -0.3 is 14.6 Å². The van der Waals surface area contributed by atoms with E-state index in [9.17, 15) is 4.79 Å². The van der Waals surface area contributed by atoms with Crippen molar-refractivity contribution in [1.82, 2.24) is 19.9 Å². The summed E-state index contributed by atoms with van der Waals surface area (Å²) >= 11 is 6.22.